The lowest BCUT2D eigenvalue weighted by Crippen LogP contribution is -2.50. The van der Waals surface area contributed by atoms with Gasteiger partial charge >= 0.3 is 23.9 Å². The predicted octanol–water partition coefficient (Wildman–Crippen LogP) is 26.2. The molecular weight excluding hydrogens is 1640 g/mol. The number of nitrogens with one attached hydrogen (secondary N) is 2. The zero-order chi connectivity index (χ0) is 94.8. The van der Waals surface area contributed by atoms with Crippen LogP contribution >= 0.6 is 0 Å². The second kappa shape index (κ2) is 71.0. The summed E-state index contributed by atoms with van der Waals surface area (Å²) in [5.74, 6) is -0.902. The Bertz CT molecular complexity index is 2560. The summed E-state index contributed by atoms with van der Waals surface area (Å²) >= 11 is 0. The van der Waals surface area contributed by atoms with Crippen molar-refractivity contribution in [1.29, 1.82) is 0 Å². The summed E-state index contributed by atoms with van der Waals surface area (Å²) < 4.78 is 52.0. The fraction of sp³-hybridized carbons (Fsp3) is 0.864. The van der Waals surface area contributed by atoms with E-state index < -0.39 is 33.3 Å². The molecule has 4 atom stereocenters. The molecule has 0 fully saturated rings. The molecule has 0 aromatic heterocycles. The van der Waals surface area contributed by atoms with Crippen molar-refractivity contribution < 1.29 is 65.4 Å². The third kappa shape index (κ3) is 65.1. The van der Waals surface area contributed by atoms with Gasteiger partial charge in [0.25, 0.3) is 0 Å². The second-order valence-corrected chi connectivity index (χ2v) is 61.5. The lowest BCUT2D eigenvalue weighted by molar-refractivity contribution is -0.143. The number of nitrogens with zero attached hydrogens (tertiary/aromatic N) is 3. The number of likely N-dealkylation sites (N-methyl/N-ethyl adjacent to an activating group) is 1. The molecule has 4 unspecified atom stereocenters. The molecule has 0 rings (SSSR count). The topological polar surface area (TPSA) is 210 Å². The van der Waals surface area contributed by atoms with E-state index in [1.165, 1.54) is 77.0 Å². The van der Waals surface area contributed by atoms with Crippen LogP contribution in [0.3, 0.4) is 0 Å². The molecule has 0 aliphatic rings. The molecule has 0 aliphatic carbocycles. The highest BCUT2D eigenvalue weighted by Crippen LogP contribution is 2.42. The molecule has 0 saturated carbocycles. The summed E-state index contributed by atoms with van der Waals surface area (Å²) in [6.07, 6.45) is 56.1. The van der Waals surface area contributed by atoms with Crippen molar-refractivity contribution in [2.75, 3.05) is 98.9 Å². The quantitative estimate of drug-likeness (QED) is 0.0191. The molecule has 0 aliphatic heterocycles. The van der Waals surface area contributed by atoms with Gasteiger partial charge in [-0.15, -0.1) is 0 Å². The number of allylic oxidation sites excluding steroid dienone is 4. The maximum atomic E-state index is 14.0. The fourth-order valence-electron chi connectivity index (χ4n) is 14.1. The third-order valence-corrected chi connectivity index (χ3v) is 44.4. The van der Waals surface area contributed by atoms with Gasteiger partial charge in [-0.2, -0.15) is 0 Å². The van der Waals surface area contributed by atoms with Crippen LogP contribution in [0.5, 0.6) is 0 Å². The number of carbonyl (C=O) groups is 6. The van der Waals surface area contributed by atoms with E-state index in [-0.39, 0.29) is 93.4 Å². The zero-order valence-corrected chi connectivity index (χ0v) is 90.6. The summed E-state index contributed by atoms with van der Waals surface area (Å²) in [6, 6.07) is 0. The SMILES string of the molecule is CCCCCC/C=C\COC(=O)CCCCCC(CN(CCCNC(=O)CN(C)CC(=O)NCCCN(CC(CCCCCC(=O)OC/C=C\CCCCCC)O[Si](C)(C)C(C)(C)C)CC(CCCCCC(=O)OC/C=C\CCCCCC)O[Si](C)(C)C(C)(C)C)CC(CCCCCC(=O)OC/C=C\CCCCCC)O[Si](C)(C)C(C)(C)C)O[Si](C)(C)C(C)(C)C. The normalized spacial score (nSPS) is 14.1. The van der Waals surface area contributed by atoms with Crippen LogP contribution in [-0.4, -0.2) is 207 Å². The molecule has 0 radical (unpaired) electrons. The van der Waals surface area contributed by atoms with Gasteiger partial charge in [0.15, 0.2) is 33.3 Å². The molecule has 0 heterocycles. The molecule has 0 aromatic carbocycles. The van der Waals surface area contributed by atoms with Crippen LogP contribution in [0.2, 0.25) is 72.5 Å². The van der Waals surface area contributed by atoms with Gasteiger partial charge in [0.1, 0.15) is 26.4 Å². The molecule has 0 bridgehead atoms. The summed E-state index contributed by atoms with van der Waals surface area (Å²) in [4.78, 5) is 86.3. The van der Waals surface area contributed by atoms with Crippen molar-refractivity contribution in [2.45, 2.75) is 477 Å². The molecule has 738 valence electrons. The second-order valence-electron chi connectivity index (χ2n) is 42.5. The van der Waals surface area contributed by atoms with Crippen LogP contribution in [0.15, 0.2) is 48.6 Å². The van der Waals surface area contributed by atoms with E-state index >= 15 is 0 Å². The Labute approximate surface area is 779 Å². The van der Waals surface area contributed by atoms with Gasteiger partial charge in [0, 0.05) is 78.0 Å². The number of ether oxygens (including phenoxy) is 4. The number of unbranched alkanes of at least 4 members (excludes halogenated alkanes) is 24. The van der Waals surface area contributed by atoms with Crippen molar-refractivity contribution >= 4 is 69.0 Å². The Balaban J connectivity index is 6.91. The highest BCUT2D eigenvalue weighted by Gasteiger charge is 2.44. The molecule has 23 heteroatoms. The van der Waals surface area contributed by atoms with Gasteiger partial charge in [-0.25, -0.2) is 0 Å². The monoisotopic (exact) mass is 1840 g/mol. The molecule has 126 heavy (non-hydrogen) atoms. The fourth-order valence-corrected chi connectivity index (χ4v) is 19.7. The van der Waals surface area contributed by atoms with E-state index in [1.54, 1.807) is 4.90 Å². The first kappa shape index (κ1) is 122. The van der Waals surface area contributed by atoms with Gasteiger partial charge in [-0.1, -0.05) is 288 Å². The van der Waals surface area contributed by atoms with E-state index in [0.29, 0.717) is 117 Å². The van der Waals surface area contributed by atoms with Gasteiger partial charge in [-0.05, 0) is 195 Å². The lowest BCUT2D eigenvalue weighted by Gasteiger charge is -2.42. The van der Waals surface area contributed by atoms with Crippen LogP contribution < -0.4 is 10.6 Å². The Morgan fingerprint density at radius 2 is 0.508 bits per heavy atom. The standard InChI is InChI=1S/C103H201N5O14Si4/c1-26-30-34-38-42-46-62-80-115-96(111)72-58-50-54-68-90(119-123(18,19)100(5,6)7)84-107(85-91(120-124(20,21)101(8,9)10)69-55-51-59-73-97(112)116-81-63-47-43-39-35-31-27-2)78-66-76-104-94(109)88-106(17)89-95(110)105-77-67-79-108(86-92(121-125(22,23)102(11,12)13)70-56-52-60-74-98(113)117-82-64-48-44-40-36-32-28-3)87-93(122-126(24,25)103(14,15)16)71-57-53-61-75-99(114)118-83-65-49-45-41-37-33-29-4/h46-49,62-65,90-93H,26-45,50-61,66-89H2,1-25H3,(H,104,109)(H,105,110)/b62-46-,63-47-,64-48-,65-49-. The number of rotatable bonds is 80. The van der Waals surface area contributed by atoms with E-state index in [0.717, 1.165) is 154 Å². The first-order valence-corrected chi connectivity index (χ1v) is 62.6. The van der Waals surface area contributed by atoms with E-state index in [2.05, 4.69) is 208 Å². The molecule has 19 nitrogen and oxygen atoms in total. The van der Waals surface area contributed by atoms with E-state index in [4.69, 9.17) is 36.7 Å². The number of hydrogen-bond donors (Lipinski definition) is 2. The summed E-state index contributed by atoms with van der Waals surface area (Å²) in [5.41, 5.74) is 0. The van der Waals surface area contributed by atoms with Gasteiger partial charge in [0.05, 0.1) is 37.5 Å². The zero-order valence-electron chi connectivity index (χ0n) is 86.6. The minimum Gasteiger partial charge on any atom is -0.461 e. The highest BCUT2D eigenvalue weighted by molar-refractivity contribution is 6.75. The van der Waals surface area contributed by atoms with E-state index in [1.807, 2.05) is 31.4 Å². The number of esters is 4. The van der Waals surface area contributed by atoms with Crippen LogP contribution in [0.1, 0.15) is 380 Å². The third-order valence-electron chi connectivity index (χ3n) is 26.2. The van der Waals surface area contributed by atoms with Crippen molar-refractivity contribution in [3.63, 3.8) is 0 Å². The number of hydrogen-bond acceptors (Lipinski definition) is 17. The molecular formula is C103H201N5O14Si4. The van der Waals surface area contributed by atoms with Crippen molar-refractivity contribution in [2.24, 2.45) is 0 Å². The Morgan fingerprint density at radius 3 is 0.714 bits per heavy atom. The Hall–Kier alpha value is -3.63. The number of amides is 2. The van der Waals surface area contributed by atoms with Gasteiger partial charge in [0.2, 0.25) is 11.8 Å². The molecule has 0 spiro atoms. The maximum Gasteiger partial charge on any atom is 0.306 e. The molecule has 2 N–H and O–H groups in total. The smallest absolute Gasteiger partial charge is 0.306 e. The summed E-state index contributed by atoms with van der Waals surface area (Å²) in [7, 11) is -7.25. The van der Waals surface area contributed by atoms with Crippen LogP contribution in [0.4, 0.5) is 0 Å². The van der Waals surface area contributed by atoms with Gasteiger partial charge in [-0.3, -0.25) is 43.5 Å². The average molecular weight is 1850 g/mol. The first-order chi connectivity index (χ1) is 59.3. The Morgan fingerprint density at radius 1 is 0.294 bits per heavy atom. The summed E-state index contributed by atoms with van der Waals surface area (Å²) in [6.45, 7) is 61.5. The van der Waals surface area contributed by atoms with Crippen molar-refractivity contribution in [3.05, 3.63) is 48.6 Å². The average Bonchev–Trinajstić information content (AvgIpc) is 0.832. The Kier molecular flexibility index (Phi) is 69.0. The van der Waals surface area contributed by atoms with Crippen LogP contribution in [0, 0.1) is 0 Å². The number of carbonyl (C=O) groups excluding carboxylic acids is 6. The van der Waals surface area contributed by atoms with Crippen LogP contribution in [0.25, 0.3) is 0 Å². The van der Waals surface area contributed by atoms with Crippen molar-refractivity contribution in [1.82, 2.24) is 25.3 Å². The van der Waals surface area contributed by atoms with Crippen LogP contribution in [-0.2, 0) is 65.4 Å². The predicted molar refractivity (Wildman–Crippen MR) is 542 cm³/mol. The highest BCUT2D eigenvalue weighted by atomic mass is 28.4. The minimum absolute atomic E-state index is 0.0201. The van der Waals surface area contributed by atoms with Gasteiger partial charge < -0.3 is 47.3 Å². The van der Waals surface area contributed by atoms with E-state index in [9.17, 15) is 28.8 Å². The largest absolute Gasteiger partial charge is 0.461 e. The molecule has 0 aromatic rings. The summed E-state index contributed by atoms with van der Waals surface area (Å²) in [5, 5.41) is 6.36. The first-order valence-electron chi connectivity index (χ1n) is 51.0. The van der Waals surface area contributed by atoms with Crippen molar-refractivity contribution in [3.8, 4) is 0 Å². The maximum absolute atomic E-state index is 14.0. The molecule has 2 amide bonds. The lowest BCUT2D eigenvalue weighted by atomic mass is 10.1. The minimum atomic E-state index is -2.27. The molecule has 0 saturated heterocycles.